The van der Waals surface area contributed by atoms with Crippen LogP contribution in [0.1, 0.15) is 61.4 Å². The predicted octanol–water partition coefficient (Wildman–Crippen LogP) is 2.01. The molecule has 3 aliphatic rings. The number of fused-ring (bicyclic) bond motifs is 1. The summed E-state index contributed by atoms with van der Waals surface area (Å²) in [5.41, 5.74) is 1.32. The molecule has 3 heterocycles. The van der Waals surface area contributed by atoms with Gasteiger partial charge in [0, 0.05) is 24.4 Å². The van der Waals surface area contributed by atoms with Crippen LogP contribution in [0.2, 0.25) is 0 Å². The van der Waals surface area contributed by atoms with E-state index in [0.717, 1.165) is 42.1 Å². The van der Waals surface area contributed by atoms with Crippen LogP contribution in [0.3, 0.4) is 0 Å². The molecule has 2 fully saturated rings. The Morgan fingerprint density at radius 1 is 1.19 bits per heavy atom. The van der Waals surface area contributed by atoms with Gasteiger partial charge in [-0.2, -0.15) is 5.01 Å². The normalized spacial score (nSPS) is 23.7. The molecule has 1 aromatic rings. The van der Waals surface area contributed by atoms with E-state index in [4.69, 9.17) is 4.74 Å². The van der Waals surface area contributed by atoms with E-state index in [2.05, 4.69) is 12.2 Å². The Balaban J connectivity index is 1.52. The van der Waals surface area contributed by atoms with Crippen LogP contribution in [0, 0.1) is 0 Å². The van der Waals surface area contributed by atoms with E-state index in [1.807, 2.05) is 6.07 Å². The number of imide groups is 1. The summed E-state index contributed by atoms with van der Waals surface area (Å²) >= 11 is 0. The highest BCUT2D eigenvalue weighted by atomic mass is 16.5. The summed E-state index contributed by atoms with van der Waals surface area (Å²) in [6, 6.07) is 5.76. The summed E-state index contributed by atoms with van der Waals surface area (Å²) in [4.78, 5) is 37.0. The first-order valence-electron chi connectivity index (χ1n) is 9.79. The van der Waals surface area contributed by atoms with Crippen molar-refractivity contribution in [2.75, 3.05) is 6.54 Å². The lowest BCUT2D eigenvalue weighted by molar-refractivity contribution is -0.163. The third-order valence-corrected chi connectivity index (χ3v) is 5.59. The fourth-order valence-electron chi connectivity index (χ4n) is 4.18. The van der Waals surface area contributed by atoms with Gasteiger partial charge in [0.2, 0.25) is 11.8 Å². The van der Waals surface area contributed by atoms with Gasteiger partial charge < -0.3 is 10.1 Å². The van der Waals surface area contributed by atoms with E-state index in [9.17, 15) is 14.4 Å². The van der Waals surface area contributed by atoms with E-state index in [-0.39, 0.29) is 30.4 Å². The van der Waals surface area contributed by atoms with Gasteiger partial charge in [-0.3, -0.25) is 14.4 Å². The molecule has 0 saturated carbocycles. The number of hydrogen-bond acceptors (Lipinski definition) is 5. The van der Waals surface area contributed by atoms with Crippen molar-refractivity contribution in [3.05, 3.63) is 29.3 Å². The van der Waals surface area contributed by atoms with Crippen LogP contribution in [-0.2, 0) is 16.1 Å². The Labute approximate surface area is 158 Å². The van der Waals surface area contributed by atoms with Gasteiger partial charge in [0.1, 0.15) is 11.9 Å². The number of carbonyl (C=O) groups is 3. The van der Waals surface area contributed by atoms with Crippen molar-refractivity contribution in [3.63, 3.8) is 0 Å². The molecular weight excluding hydrogens is 346 g/mol. The maximum atomic E-state index is 12.7. The number of piperidine rings is 1. The molecular formula is C20H25N3O4. The SMILES string of the molecule is CCC(Oc1ccc2c(c1)CN(N1C(=O)CCCC1=O)C2=O)[C@@H]1CCCN1. The van der Waals surface area contributed by atoms with Gasteiger partial charge in [0.15, 0.2) is 0 Å². The molecule has 0 aliphatic carbocycles. The first-order valence-corrected chi connectivity index (χ1v) is 9.79. The Morgan fingerprint density at radius 2 is 1.96 bits per heavy atom. The zero-order chi connectivity index (χ0) is 19.0. The fourth-order valence-corrected chi connectivity index (χ4v) is 4.18. The maximum Gasteiger partial charge on any atom is 0.273 e. The molecule has 0 spiro atoms. The Bertz CT molecular complexity index is 756. The number of nitrogens with zero attached hydrogens (tertiary/aromatic N) is 2. The second-order valence-electron chi connectivity index (χ2n) is 7.40. The van der Waals surface area contributed by atoms with E-state index in [1.165, 1.54) is 5.01 Å². The first kappa shape index (κ1) is 18.0. The Morgan fingerprint density at radius 3 is 2.63 bits per heavy atom. The second kappa shape index (κ2) is 7.31. The summed E-state index contributed by atoms with van der Waals surface area (Å²) < 4.78 is 6.19. The smallest absolute Gasteiger partial charge is 0.273 e. The summed E-state index contributed by atoms with van der Waals surface area (Å²) in [6.07, 6.45) is 4.40. The average Bonchev–Trinajstić information content (AvgIpc) is 3.29. The van der Waals surface area contributed by atoms with Gasteiger partial charge in [-0.25, -0.2) is 5.01 Å². The quantitative estimate of drug-likeness (QED) is 0.801. The molecule has 1 N–H and O–H groups in total. The molecule has 144 valence electrons. The molecule has 3 amide bonds. The third-order valence-electron chi connectivity index (χ3n) is 5.59. The Hall–Kier alpha value is -2.41. The molecule has 0 bridgehead atoms. The molecule has 7 heteroatoms. The van der Waals surface area contributed by atoms with Crippen molar-refractivity contribution in [2.24, 2.45) is 0 Å². The second-order valence-corrected chi connectivity index (χ2v) is 7.40. The van der Waals surface area contributed by atoms with Crippen molar-refractivity contribution in [3.8, 4) is 5.75 Å². The topological polar surface area (TPSA) is 79.0 Å². The largest absolute Gasteiger partial charge is 0.489 e. The van der Waals surface area contributed by atoms with Gasteiger partial charge in [0.25, 0.3) is 5.91 Å². The van der Waals surface area contributed by atoms with Gasteiger partial charge >= 0.3 is 0 Å². The van der Waals surface area contributed by atoms with Gasteiger partial charge in [-0.05, 0) is 56.0 Å². The lowest BCUT2D eigenvalue weighted by Crippen LogP contribution is -2.51. The van der Waals surface area contributed by atoms with Gasteiger partial charge in [0.05, 0.1) is 6.54 Å². The van der Waals surface area contributed by atoms with Crippen LogP contribution in [-0.4, -0.2) is 46.4 Å². The van der Waals surface area contributed by atoms with Crippen LogP contribution in [0.4, 0.5) is 0 Å². The van der Waals surface area contributed by atoms with Crippen LogP contribution < -0.4 is 10.1 Å². The van der Waals surface area contributed by atoms with Crippen molar-refractivity contribution >= 4 is 17.7 Å². The van der Waals surface area contributed by atoms with Crippen molar-refractivity contribution in [1.82, 2.24) is 15.3 Å². The highest BCUT2D eigenvalue weighted by Gasteiger charge is 2.39. The predicted molar refractivity (Wildman–Crippen MR) is 97.8 cm³/mol. The highest BCUT2D eigenvalue weighted by Crippen LogP contribution is 2.31. The number of rotatable bonds is 5. The molecule has 27 heavy (non-hydrogen) atoms. The number of hydrogen-bond donors (Lipinski definition) is 1. The number of benzene rings is 1. The van der Waals surface area contributed by atoms with Crippen molar-refractivity contribution in [2.45, 2.75) is 64.1 Å². The highest BCUT2D eigenvalue weighted by molar-refractivity contribution is 6.04. The average molecular weight is 371 g/mol. The molecule has 7 nitrogen and oxygen atoms in total. The third kappa shape index (κ3) is 3.32. The van der Waals surface area contributed by atoms with Crippen LogP contribution in [0.15, 0.2) is 18.2 Å². The zero-order valence-electron chi connectivity index (χ0n) is 15.6. The van der Waals surface area contributed by atoms with E-state index >= 15 is 0 Å². The maximum absolute atomic E-state index is 12.7. The van der Waals surface area contributed by atoms with Crippen molar-refractivity contribution < 1.29 is 19.1 Å². The molecule has 4 rings (SSSR count). The van der Waals surface area contributed by atoms with Gasteiger partial charge in [-0.1, -0.05) is 6.92 Å². The van der Waals surface area contributed by atoms with Gasteiger partial charge in [-0.15, -0.1) is 0 Å². The number of amides is 3. The van der Waals surface area contributed by atoms with E-state index in [1.54, 1.807) is 12.1 Å². The summed E-state index contributed by atoms with van der Waals surface area (Å²) in [6.45, 7) is 3.36. The number of nitrogens with one attached hydrogen (secondary N) is 1. The molecule has 1 aromatic carbocycles. The molecule has 2 saturated heterocycles. The molecule has 0 radical (unpaired) electrons. The fraction of sp³-hybridized carbons (Fsp3) is 0.550. The van der Waals surface area contributed by atoms with Crippen LogP contribution in [0.25, 0.3) is 0 Å². The standard InChI is InChI=1S/C20H25N3O4/c1-2-17(16-5-4-10-21-16)27-14-8-9-15-13(11-14)12-22(20(15)26)23-18(24)6-3-7-19(23)25/h8-9,11,16-17,21H,2-7,10,12H2,1H3/t16-,17?/m0/s1. The van der Waals surface area contributed by atoms with E-state index in [0.29, 0.717) is 30.9 Å². The zero-order valence-corrected chi connectivity index (χ0v) is 15.6. The summed E-state index contributed by atoms with van der Waals surface area (Å²) in [5.74, 6) is -0.186. The van der Waals surface area contributed by atoms with E-state index < -0.39 is 0 Å². The number of hydrazine groups is 1. The Kier molecular flexibility index (Phi) is 4.86. The summed E-state index contributed by atoms with van der Waals surface area (Å²) in [7, 11) is 0. The van der Waals surface area contributed by atoms with Crippen LogP contribution in [0.5, 0.6) is 5.75 Å². The van der Waals surface area contributed by atoms with Crippen LogP contribution >= 0.6 is 0 Å². The molecule has 1 unspecified atom stereocenters. The molecule has 3 aliphatic heterocycles. The summed E-state index contributed by atoms with van der Waals surface area (Å²) in [5, 5.41) is 5.78. The van der Waals surface area contributed by atoms with Crippen molar-refractivity contribution in [1.29, 1.82) is 0 Å². The number of ether oxygens (including phenoxy) is 1. The lowest BCUT2D eigenvalue weighted by Gasteiger charge is -2.32. The minimum Gasteiger partial charge on any atom is -0.489 e. The first-order chi connectivity index (χ1) is 13.1. The minimum absolute atomic E-state index is 0.0870. The molecule has 0 aromatic heterocycles. The lowest BCUT2D eigenvalue weighted by atomic mass is 10.1. The minimum atomic E-state index is -0.303. The molecule has 2 atom stereocenters. The number of carbonyl (C=O) groups excluding carboxylic acids is 3. The monoisotopic (exact) mass is 371 g/mol.